The Hall–Kier alpha value is -0.320. The van der Waals surface area contributed by atoms with E-state index in [-0.39, 0.29) is 24.9 Å². The third-order valence-corrected chi connectivity index (χ3v) is 2.29. The molecule has 1 heterocycles. The minimum atomic E-state index is 0. The number of hydrogen-bond acceptors (Lipinski definition) is 3. The Morgan fingerprint density at radius 1 is 1.47 bits per heavy atom. The summed E-state index contributed by atoms with van der Waals surface area (Å²) >= 11 is 0. The van der Waals surface area contributed by atoms with Gasteiger partial charge in [-0.1, -0.05) is 6.92 Å². The van der Waals surface area contributed by atoms with Crippen molar-refractivity contribution < 1.29 is 9.53 Å². The highest BCUT2D eigenvalue weighted by Crippen LogP contribution is 2.01. The maximum Gasteiger partial charge on any atom is 0.246 e. The second-order valence-electron chi connectivity index (χ2n) is 3.64. The highest BCUT2D eigenvalue weighted by molar-refractivity contribution is 5.85. The first-order valence-corrected chi connectivity index (χ1v) is 5.40. The molecular weight excluding hydrogens is 216 g/mol. The molecule has 5 heteroatoms. The van der Waals surface area contributed by atoms with Gasteiger partial charge < -0.3 is 15.4 Å². The summed E-state index contributed by atoms with van der Waals surface area (Å²) in [5.41, 5.74) is 0. The monoisotopic (exact) mass is 236 g/mol. The fourth-order valence-electron chi connectivity index (χ4n) is 1.54. The minimum Gasteiger partial charge on any atom is -0.372 e. The van der Waals surface area contributed by atoms with Crippen molar-refractivity contribution in [2.45, 2.75) is 32.2 Å². The Morgan fingerprint density at radius 2 is 2.13 bits per heavy atom. The standard InChI is InChI=1S/C10H20N2O2.ClH/c1-2-7-14-8-10(13)12-9-3-5-11-6-4-9;/h9,11H,2-8H2,1H3,(H,12,13);1H. The number of piperidine rings is 1. The van der Waals surface area contributed by atoms with Gasteiger partial charge in [0.1, 0.15) is 6.61 Å². The van der Waals surface area contributed by atoms with Gasteiger partial charge >= 0.3 is 0 Å². The number of rotatable bonds is 5. The molecule has 0 aromatic carbocycles. The van der Waals surface area contributed by atoms with Crippen molar-refractivity contribution in [3.63, 3.8) is 0 Å². The van der Waals surface area contributed by atoms with Crippen molar-refractivity contribution in [2.24, 2.45) is 0 Å². The number of carbonyl (C=O) groups is 1. The lowest BCUT2D eigenvalue weighted by molar-refractivity contribution is -0.126. The zero-order valence-corrected chi connectivity index (χ0v) is 10.1. The first kappa shape index (κ1) is 14.7. The molecule has 0 radical (unpaired) electrons. The molecule has 0 aromatic heterocycles. The average molecular weight is 237 g/mol. The van der Waals surface area contributed by atoms with Crippen LogP contribution in [0.3, 0.4) is 0 Å². The van der Waals surface area contributed by atoms with E-state index in [1.54, 1.807) is 0 Å². The number of carbonyl (C=O) groups excluding carboxylic acids is 1. The lowest BCUT2D eigenvalue weighted by Crippen LogP contribution is -2.43. The summed E-state index contributed by atoms with van der Waals surface area (Å²) in [5.74, 6) is 0.0188. The summed E-state index contributed by atoms with van der Waals surface area (Å²) in [5, 5.41) is 6.23. The molecule has 0 aromatic rings. The molecule has 0 spiro atoms. The lowest BCUT2D eigenvalue weighted by Gasteiger charge is -2.23. The molecule has 0 atom stereocenters. The fraction of sp³-hybridized carbons (Fsp3) is 0.900. The number of ether oxygens (including phenoxy) is 1. The Bertz CT molecular complexity index is 173. The van der Waals surface area contributed by atoms with E-state index in [0.29, 0.717) is 12.6 Å². The summed E-state index contributed by atoms with van der Waals surface area (Å²) in [6.45, 7) is 4.91. The molecule has 1 saturated heterocycles. The van der Waals surface area contributed by atoms with Gasteiger partial charge in [-0.2, -0.15) is 0 Å². The van der Waals surface area contributed by atoms with Gasteiger partial charge in [0.05, 0.1) is 0 Å². The highest BCUT2D eigenvalue weighted by atomic mass is 35.5. The minimum absolute atomic E-state index is 0. The molecule has 0 unspecified atom stereocenters. The molecule has 1 fully saturated rings. The number of halogens is 1. The van der Waals surface area contributed by atoms with Crippen LogP contribution in [0.5, 0.6) is 0 Å². The summed E-state index contributed by atoms with van der Waals surface area (Å²) in [4.78, 5) is 11.3. The van der Waals surface area contributed by atoms with E-state index in [1.165, 1.54) is 0 Å². The van der Waals surface area contributed by atoms with E-state index < -0.39 is 0 Å². The van der Waals surface area contributed by atoms with Crippen molar-refractivity contribution in [2.75, 3.05) is 26.3 Å². The summed E-state index contributed by atoms with van der Waals surface area (Å²) in [7, 11) is 0. The quantitative estimate of drug-likeness (QED) is 0.691. The van der Waals surface area contributed by atoms with Gasteiger partial charge in [-0.05, 0) is 32.4 Å². The molecule has 1 aliphatic heterocycles. The Kier molecular flexibility index (Phi) is 8.76. The maximum atomic E-state index is 11.3. The van der Waals surface area contributed by atoms with E-state index in [1.807, 2.05) is 6.92 Å². The average Bonchev–Trinajstić information content (AvgIpc) is 2.20. The van der Waals surface area contributed by atoms with Crippen molar-refractivity contribution in [3.05, 3.63) is 0 Å². The third-order valence-electron chi connectivity index (χ3n) is 2.29. The highest BCUT2D eigenvalue weighted by Gasteiger charge is 2.14. The Morgan fingerprint density at radius 3 is 2.73 bits per heavy atom. The summed E-state index contributed by atoms with van der Waals surface area (Å²) in [6.07, 6.45) is 3.01. The van der Waals surface area contributed by atoms with Crippen LogP contribution in [0, 0.1) is 0 Å². The molecule has 0 bridgehead atoms. The molecule has 0 aliphatic carbocycles. The normalized spacial score (nSPS) is 16.9. The van der Waals surface area contributed by atoms with Gasteiger partial charge in [-0.15, -0.1) is 12.4 Å². The van der Waals surface area contributed by atoms with Gasteiger partial charge in [0, 0.05) is 12.6 Å². The van der Waals surface area contributed by atoms with Crippen LogP contribution in [-0.4, -0.2) is 38.3 Å². The molecule has 15 heavy (non-hydrogen) atoms. The topological polar surface area (TPSA) is 50.4 Å². The largest absolute Gasteiger partial charge is 0.372 e. The summed E-state index contributed by atoms with van der Waals surface area (Å²) in [6, 6.07) is 0.342. The van der Waals surface area contributed by atoms with Crippen molar-refractivity contribution in [1.29, 1.82) is 0 Å². The van der Waals surface area contributed by atoms with Crippen molar-refractivity contribution in [3.8, 4) is 0 Å². The van der Waals surface area contributed by atoms with Crippen LogP contribution >= 0.6 is 12.4 Å². The lowest BCUT2D eigenvalue weighted by atomic mass is 10.1. The first-order chi connectivity index (χ1) is 6.83. The van der Waals surface area contributed by atoms with Gasteiger partial charge in [0.25, 0.3) is 0 Å². The molecular formula is C10H21ClN2O2. The number of nitrogens with one attached hydrogen (secondary N) is 2. The van der Waals surface area contributed by atoms with Crippen LogP contribution in [0.25, 0.3) is 0 Å². The Labute approximate surface area is 97.5 Å². The van der Waals surface area contributed by atoms with Crippen LogP contribution in [0.4, 0.5) is 0 Å². The molecule has 1 amide bonds. The SMILES string of the molecule is CCCOCC(=O)NC1CCNCC1.Cl. The van der Waals surface area contributed by atoms with E-state index >= 15 is 0 Å². The van der Waals surface area contributed by atoms with Gasteiger partial charge in [-0.3, -0.25) is 4.79 Å². The van der Waals surface area contributed by atoms with Gasteiger partial charge in [-0.25, -0.2) is 0 Å². The maximum absolute atomic E-state index is 11.3. The number of amides is 1. The third kappa shape index (κ3) is 6.71. The second-order valence-corrected chi connectivity index (χ2v) is 3.64. The van der Waals surface area contributed by atoms with Crippen LogP contribution < -0.4 is 10.6 Å². The van der Waals surface area contributed by atoms with Crippen molar-refractivity contribution >= 4 is 18.3 Å². The van der Waals surface area contributed by atoms with Crippen LogP contribution in [0.2, 0.25) is 0 Å². The first-order valence-electron chi connectivity index (χ1n) is 5.40. The Balaban J connectivity index is 0.00000196. The summed E-state index contributed by atoms with van der Waals surface area (Å²) < 4.78 is 5.16. The van der Waals surface area contributed by atoms with Crippen LogP contribution in [-0.2, 0) is 9.53 Å². The molecule has 4 nitrogen and oxygen atoms in total. The molecule has 0 saturated carbocycles. The van der Waals surface area contributed by atoms with Gasteiger partial charge in [0.15, 0.2) is 0 Å². The predicted molar refractivity (Wildman–Crippen MR) is 62.4 cm³/mol. The molecule has 90 valence electrons. The van der Waals surface area contributed by atoms with E-state index in [9.17, 15) is 4.79 Å². The predicted octanol–water partition coefficient (Wildman–Crippen LogP) is 0.703. The zero-order valence-electron chi connectivity index (χ0n) is 9.25. The smallest absolute Gasteiger partial charge is 0.246 e. The zero-order chi connectivity index (χ0) is 10.2. The van der Waals surface area contributed by atoms with E-state index in [0.717, 1.165) is 32.4 Å². The van der Waals surface area contributed by atoms with E-state index in [2.05, 4.69) is 10.6 Å². The second kappa shape index (κ2) is 8.95. The van der Waals surface area contributed by atoms with Gasteiger partial charge in [0.2, 0.25) is 5.91 Å². The molecule has 2 N–H and O–H groups in total. The van der Waals surface area contributed by atoms with Crippen LogP contribution in [0.1, 0.15) is 26.2 Å². The van der Waals surface area contributed by atoms with E-state index in [4.69, 9.17) is 4.74 Å². The fourth-order valence-corrected chi connectivity index (χ4v) is 1.54. The van der Waals surface area contributed by atoms with Crippen molar-refractivity contribution in [1.82, 2.24) is 10.6 Å². The molecule has 1 aliphatic rings. The molecule has 1 rings (SSSR count). The van der Waals surface area contributed by atoms with Crippen LogP contribution in [0.15, 0.2) is 0 Å². The number of hydrogen-bond donors (Lipinski definition) is 2.